The number of rotatable bonds is 6. The van der Waals surface area contributed by atoms with Crippen molar-refractivity contribution < 1.29 is 19.1 Å². The predicted octanol–water partition coefficient (Wildman–Crippen LogP) is 3.42. The van der Waals surface area contributed by atoms with Crippen molar-refractivity contribution in [1.29, 1.82) is 0 Å². The predicted molar refractivity (Wildman–Crippen MR) is 118 cm³/mol. The zero-order valence-corrected chi connectivity index (χ0v) is 18.6. The number of carbonyl (C=O) groups is 3. The topological polar surface area (TPSA) is 81.0 Å². The molecule has 0 bridgehead atoms. The molecule has 0 atom stereocenters. The van der Waals surface area contributed by atoms with E-state index in [-0.39, 0.29) is 0 Å². The number of amides is 3. The Balaban J connectivity index is 1.68. The van der Waals surface area contributed by atoms with Crippen LogP contribution >= 0.6 is 22.9 Å². The van der Waals surface area contributed by atoms with Crippen LogP contribution in [0.15, 0.2) is 41.4 Å². The van der Waals surface area contributed by atoms with Crippen molar-refractivity contribution in [3.8, 4) is 0 Å². The number of hydrogen-bond acceptors (Lipinski definition) is 5. The lowest BCUT2D eigenvalue weighted by Gasteiger charge is -2.11. The molecule has 1 aliphatic rings. The zero-order valence-electron chi connectivity index (χ0n) is 17.1. The summed E-state index contributed by atoms with van der Waals surface area (Å²) in [5, 5.41) is 0.624. The molecule has 0 N–H and O–H groups in total. The molecule has 0 spiro atoms. The van der Waals surface area contributed by atoms with Gasteiger partial charge in [0.05, 0.1) is 28.0 Å². The highest BCUT2D eigenvalue weighted by molar-refractivity contribution is 7.16. The SMILES string of the molecule is CCOCCn1c(=NC(=O)CN2C(=O)c3ccccc3C2=O)sc2ccc(Cl)c(C)c21. The van der Waals surface area contributed by atoms with Crippen LogP contribution in [0.5, 0.6) is 0 Å². The van der Waals surface area contributed by atoms with Gasteiger partial charge in [0, 0.05) is 18.2 Å². The summed E-state index contributed by atoms with van der Waals surface area (Å²) in [5.74, 6) is -1.53. The van der Waals surface area contributed by atoms with Crippen LogP contribution in [-0.4, -0.2) is 46.9 Å². The van der Waals surface area contributed by atoms with Gasteiger partial charge in [-0.1, -0.05) is 35.1 Å². The summed E-state index contributed by atoms with van der Waals surface area (Å²) in [5.41, 5.74) is 2.39. The van der Waals surface area contributed by atoms with E-state index >= 15 is 0 Å². The lowest BCUT2D eigenvalue weighted by Crippen LogP contribution is -2.35. The Morgan fingerprint density at radius 1 is 1.13 bits per heavy atom. The molecule has 0 saturated heterocycles. The lowest BCUT2D eigenvalue weighted by atomic mass is 10.1. The van der Waals surface area contributed by atoms with Crippen LogP contribution in [0.1, 0.15) is 33.2 Å². The Morgan fingerprint density at radius 2 is 1.81 bits per heavy atom. The van der Waals surface area contributed by atoms with Gasteiger partial charge in [0.2, 0.25) is 0 Å². The normalized spacial score (nSPS) is 14.0. The van der Waals surface area contributed by atoms with E-state index in [1.807, 2.05) is 30.5 Å². The first-order valence-corrected chi connectivity index (χ1v) is 11.0. The third kappa shape index (κ3) is 3.94. The molecule has 0 radical (unpaired) electrons. The first-order valence-electron chi connectivity index (χ1n) is 9.81. The smallest absolute Gasteiger partial charge is 0.268 e. The van der Waals surface area contributed by atoms with Crippen LogP contribution in [0.25, 0.3) is 10.2 Å². The molecule has 0 aliphatic carbocycles. The number of carbonyl (C=O) groups excluding carboxylic acids is 3. The summed E-state index contributed by atoms with van der Waals surface area (Å²) in [7, 11) is 0. The zero-order chi connectivity index (χ0) is 22.1. The van der Waals surface area contributed by atoms with Crippen molar-refractivity contribution in [1.82, 2.24) is 9.47 Å². The van der Waals surface area contributed by atoms with Crippen LogP contribution in [0.2, 0.25) is 5.02 Å². The number of aromatic nitrogens is 1. The summed E-state index contributed by atoms with van der Waals surface area (Å²) < 4.78 is 8.32. The van der Waals surface area contributed by atoms with E-state index in [1.165, 1.54) is 11.3 Å². The number of hydrogen-bond donors (Lipinski definition) is 0. The van der Waals surface area contributed by atoms with E-state index in [4.69, 9.17) is 16.3 Å². The van der Waals surface area contributed by atoms with Gasteiger partial charge in [-0.25, -0.2) is 0 Å². The fourth-order valence-corrected chi connectivity index (χ4v) is 4.85. The highest BCUT2D eigenvalue weighted by Crippen LogP contribution is 2.27. The van der Waals surface area contributed by atoms with Crippen LogP contribution in [-0.2, 0) is 16.1 Å². The van der Waals surface area contributed by atoms with Crippen molar-refractivity contribution in [2.45, 2.75) is 20.4 Å². The molecule has 0 unspecified atom stereocenters. The third-order valence-corrected chi connectivity index (χ3v) is 6.54. The summed E-state index contributed by atoms with van der Waals surface area (Å²) >= 11 is 7.66. The number of ether oxygens (including phenoxy) is 1. The van der Waals surface area contributed by atoms with E-state index in [1.54, 1.807) is 24.3 Å². The fourth-order valence-electron chi connectivity index (χ4n) is 3.57. The molecule has 0 saturated carbocycles. The molecule has 2 heterocycles. The minimum Gasteiger partial charge on any atom is -0.380 e. The van der Waals surface area contributed by atoms with Crippen LogP contribution in [0, 0.1) is 6.92 Å². The molecular weight excluding hydrogens is 438 g/mol. The van der Waals surface area contributed by atoms with E-state index < -0.39 is 24.3 Å². The molecule has 31 heavy (non-hydrogen) atoms. The van der Waals surface area contributed by atoms with Gasteiger partial charge in [0.1, 0.15) is 6.54 Å². The van der Waals surface area contributed by atoms with E-state index in [0.29, 0.717) is 40.7 Å². The molecule has 3 aromatic rings. The molecule has 1 aromatic heterocycles. The minimum atomic E-state index is -0.574. The minimum absolute atomic E-state index is 0.305. The number of aryl methyl sites for hydroxylation is 1. The van der Waals surface area contributed by atoms with E-state index in [9.17, 15) is 14.4 Å². The highest BCUT2D eigenvalue weighted by atomic mass is 35.5. The Hall–Kier alpha value is -2.81. The molecule has 4 rings (SSSR count). The van der Waals surface area contributed by atoms with Crippen LogP contribution in [0.4, 0.5) is 0 Å². The van der Waals surface area contributed by atoms with Crippen molar-refractivity contribution >= 4 is 50.9 Å². The molecule has 3 amide bonds. The molecule has 0 fully saturated rings. The van der Waals surface area contributed by atoms with Gasteiger partial charge in [-0.3, -0.25) is 19.3 Å². The molecule has 1 aliphatic heterocycles. The van der Waals surface area contributed by atoms with Crippen molar-refractivity contribution in [2.75, 3.05) is 19.8 Å². The quantitative estimate of drug-likeness (QED) is 0.419. The van der Waals surface area contributed by atoms with Gasteiger partial charge in [0.25, 0.3) is 17.7 Å². The Morgan fingerprint density at radius 3 is 2.45 bits per heavy atom. The maximum Gasteiger partial charge on any atom is 0.268 e. The molecule has 9 heteroatoms. The summed E-state index contributed by atoms with van der Waals surface area (Å²) in [6.07, 6.45) is 0. The fraction of sp³-hybridized carbons (Fsp3) is 0.273. The van der Waals surface area contributed by atoms with Gasteiger partial charge >= 0.3 is 0 Å². The van der Waals surface area contributed by atoms with Crippen molar-refractivity contribution in [3.63, 3.8) is 0 Å². The number of thiazole rings is 1. The van der Waals surface area contributed by atoms with Gasteiger partial charge in [-0.15, -0.1) is 0 Å². The van der Waals surface area contributed by atoms with Crippen molar-refractivity contribution in [2.24, 2.45) is 4.99 Å². The summed E-state index contributed by atoms with van der Waals surface area (Å²) in [6.45, 7) is 4.94. The van der Waals surface area contributed by atoms with Gasteiger partial charge in [0.15, 0.2) is 4.80 Å². The molecule has 160 valence electrons. The maximum absolute atomic E-state index is 12.7. The van der Waals surface area contributed by atoms with Gasteiger partial charge in [-0.05, 0) is 43.7 Å². The number of imide groups is 1. The molecule has 7 nitrogen and oxygen atoms in total. The Labute approximate surface area is 187 Å². The first-order chi connectivity index (χ1) is 14.9. The van der Waals surface area contributed by atoms with Crippen molar-refractivity contribution in [3.05, 3.63) is 62.9 Å². The first kappa shape index (κ1) is 21.4. The average Bonchev–Trinajstić information content (AvgIpc) is 3.22. The largest absolute Gasteiger partial charge is 0.380 e. The maximum atomic E-state index is 12.7. The highest BCUT2D eigenvalue weighted by Gasteiger charge is 2.36. The standard InChI is InChI=1S/C22H20ClN3O4S/c1-3-30-11-10-25-19-13(2)16(23)8-9-17(19)31-22(25)24-18(27)12-26-20(28)14-6-4-5-7-15(14)21(26)29/h4-9H,3,10-12H2,1-2H3. The number of fused-ring (bicyclic) bond motifs is 2. The molecule has 2 aromatic carbocycles. The third-order valence-electron chi connectivity index (χ3n) is 5.09. The van der Waals surface area contributed by atoms with Gasteiger partial charge in [-0.2, -0.15) is 4.99 Å². The number of halogens is 1. The second-order valence-electron chi connectivity index (χ2n) is 7.00. The van der Waals surface area contributed by atoms with E-state index in [0.717, 1.165) is 20.7 Å². The van der Waals surface area contributed by atoms with E-state index in [2.05, 4.69) is 4.99 Å². The number of benzene rings is 2. The molecular formula is C22H20ClN3O4S. The monoisotopic (exact) mass is 457 g/mol. The average molecular weight is 458 g/mol. The second kappa shape index (κ2) is 8.74. The second-order valence-corrected chi connectivity index (χ2v) is 8.42. The van der Waals surface area contributed by atoms with Crippen LogP contribution in [0.3, 0.4) is 0 Å². The summed E-state index contributed by atoms with van der Waals surface area (Å²) in [4.78, 5) is 43.5. The lowest BCUT2D eigenvalue weighted by molar-refractivity contribution is -0.118. The van der Waals surface area contributed by atoms with Gasteiger partial charge < -0.3 is 9.30 Å². The summed E-state index contributed by atoms with van der Waals surface area (Å²) in [6, 6.07) is 10.2. The Kier molecular flexibility index (Phi) is 6.04. The Bertz CT molecular complexity index is 1240. The van der Waals surface area contributed by atoms with Crippen LogP contribution < -0.4 is 4.80 Å². The number of nitrogens with zero attached hydrogens (tertiary/aromatic N) is 3.